The smallest absolute Gasteiger partial charge is 0.253 e. The van der Waals surface area contributed by atoms with Gasteiger partial charge in [0.1, 0.15) is 12.7 Å². The monoisotopic (exact) mass is 230 g/mol. The third-order valence-electron chi connectivity index (χ3n) is 2.62. The van der Waals surface area contributed by atoms with Gasteiger partial charge in [0, 0.05) is 19.2 Å². The molecule has 5 heteroatoms. The van der Waals surface area contributed by atoms with Crippen molar-refractivity contribution in [3.8, 4) is 5.69 Å². The van der Waals surface area contributed by atoms with Crippen molar-refractivity contribution in [1.29, 1.82) is 0 Å². The molecule has 88 valence electrons. The summed E-state index contributed by atoms with van der Waals surface area (Å²) >= 11 is 0. The van der Waals surface area contributed by atoms with Crippen LogP contribution in [0.3, 0.4) is 0 Å². The summed E-state index contributed by atoms with van der Waals surface area (Å²) in [6, 6.07) is 7.30. The molecule has 0 spiro atoms. The minimum absolute atomic E-state index is 0.0256. The lowest BCUT2D eigenvalue weighted by Gasteiger charge is -2.14. The van der Waals surface area contributed by atoms with E-state index in [1.807, 2.05) is 19.1 Å². The fourth-order valence-corrected chi connectivity index (χ4v) is 1.46. The van der Waals surface area contributed by atoms with Gasteiger partial charge in [0.05, 0.1) is 5.69 Å². The van der Waals surface area contributed by atoms with Gasteiger partial charge >= 0.3 is 0 Å². The van der Waals surface area contributed by atoms with Crippen molar-refractivity contribution in [1.82, 2.24) is 19.7 Å². The van der Waals surface area contributed by atoms with Gasteiger partial charge in [-0.1, -0.05) is 0 Å². The minimum Gasteiger partial charge on any atom is -0.342 e. The van der Waals surface area contributed by atoms with Gasteiger partial charge in [-0.05, 0) is 31.2 Å². The summed E-state index contributed by atoms with van der Waals surface area (Å²) in [4.78, 5) is 17.4. The molecule has 0 bridgehead atoms. The maximum atomic E-state index is 11.9. The van der Waals surface area contributed by atoms with E-state index < -0.39 is 0 Å². The van der Waals surface area contributed by atoms with Crippen molar-refractivity contribution >= 4 is 5.91 Å². The Morgan fingerprint density at radius 1 is 1.35 bits per heavy atom. The first-order valence-electron chi connectivity index (χ1n) is 5.43. The van der Waals surface area contributed by atoms with Crippen LogP contribution in [0.15, 0.2) is 36.9 Å². The number of benzene rings is 1. The van der Waals surface area contributed by atoms with Gasteiger partial charge in [-0.3, -0.25) is 4.79 Å². The van der Waals surface area contributed by atoms with E-state index in [9.17, 15) is 4.79 Å². The maximum Gasteiger partial charge on any atom is 0.253 e. The van der Waals surface area contributed by atoms with Crippen LogP contribution in [0.4, 0.5) is 0 Å². The second kappa shape index (κ2) is 4.78. The van der Waals surface area contributed by atoms with E-state index >= 15 is 0 Å². The van der Waals surface area contributed by atoms with Crippen molar-refractivity contribution in [2.75, 3.05) is 13.6 Å². The first-order chi connectivity index (χ1) is 8.22. The summed E-state index contributed by atoms with van der Waals surface area (Å²) in [7, 11) is 1.79. The highest BCUT2D eigenvalue weighted by Crippen LogP contribution is 2.09. The molecule has 0 saturated heterocycles. The SMILES string of the molecule is CCN(C)C(=O)c1ccc(-n2cncn2)cc1. The van der Waals surface area contributed by atoms with Gasteiger partial charge in [-0.25, -0.2) is 9.67 Å². The molecule has 1 aromatic heterocycles. The highest BCUT2D eigenvalue weighted by atomic mass is 16.2. The van der Waals surface area contributed by atoms with E-state index in [-0.39, 0.29) is 5.91 Å². The molecule has 2 rings (SSSR count). The molecule has 0 atom stereocenters. The summed E-state index contributed by atoms with van der Waals surface area (Å²) in [6.07, 6.45) is 3.10. The summed E-state index contributed by atoms with van der Waals surface area (Å²) < 4.78 is 1.65. The van der Waals surface area contributed by atoms with E-state index in [2.05, 4.69) is 10.1 Å². The fraction of sp³-hybridized carbons (Fsp3) is 0.250. The number of rotatable bonds is 3. The van der Waals surface area contributed by atoms with Crippen LogP contribution < -0.4 is 0 Å². The number of amides is 1. The van der Waals surface area contributed by atoms with Crippen LogP contribution in [0.1, 0.15) is 17.3 Å². The van der Waals surface area contributed by atoms with Gasteiger partial charge < -0.3 is 4.90 Å². The summed E-state index contributed by atoms with van der Waals surface area (Å²) in [6.45, 7) is 2.64. The molecule has 0 fully saturated rings. The molecular formula is C12H14N4O. The lowest BCUT2D eigenvalue weighted by molar-refractivity contribution is 0.0802. The van der Waals surface area contributed by atoms with Crippen LogP contribution in [0, 0.1) is 0 Å². The number of carbonyl (C=O) groups excluding carboxylic acids is 1. The lowest BCUT2D eigenvalue weighted by Crippen LogP contribution is -2.26. The number of hydrogen-bond donors (Lipinski definition) is 0. The summed E-state index contributed by atoms with van der Waals surface area (Å²) in [5.74, 6) is 0.0256. The van der Waals surface area contributed by atoms with E-state index in [1.54, 1.807) is 35.1 Å². The molecule has 1 amide bonds. The van der Waals surface area contributed by atoms with Crippen LogP contribution in [0.2, 0.25) is 0 Å². The van der Waals surface area contributed by atoms with Crippen molar-refractivity contribution < 1.29 is 4.79 Å². The van der Waals surface area contributed by atoms with Crippen LogP contribution >= 0.6 is 0 Å². The Morgan fingerprint density at radius 3 is 2.59 bits per heavy atom. The van der Waals surface area contributed by atoms with E-state index in [0.29, 0.717) is 12.1 Å². The first-order valence-corrected chi connectivity index (χ1v) is 5.43. The zero-order valence-corrected chi connectivity index (χ0v) is 9.87. The van der Waals surface area contributed by atoms with Crippen LogP contribution in [0.25, 0.3) is 5.69 Å². The summed E-state index contributed by atoms with van der Waals surface area (Å²) in [5, 5.41) is 4.02. The van der Waals surface area contributed by atoms with Gasteiger partial charge in [-0.2, -0.15) is 5.10 Å². The Hall–Kier alpha value is -2.17. The predicted octanol–water partition coefficient (Wildman–Crippen LogP) is 1.36. The van der Waals surface area contributed by atoms with Crippen molar-refractivity contribution in [2.45, 2.75) is 6.92 Å². The highest BCUT2D eigenvalue weighted by Gasteiger charge is 2.09. The maximum absolute atomic E-state index is 11.9. The Balaban J connectivity index is 2.22. The molecular weight excluding hydrogens is 216 g/mol. The standard InChI is InChI=1S/C12H14N4O/c1-3-15(2)12(17)10-4-6-11(7-5-10)16-9-13-8-14-16/h4-9H,3H2,1-2H3. The number of nitrogens with zero attached hydrogens (tertiary/aromatic N) is 4. The number of aromatic nitrogens is 3. The molecule has 0 aliphatic heterocycles. The zero-order valence-electron chi connectivity index (χ0n) is 9.87. The Bertz CT molecular complexity index is 490. The summed E-state index contributed by atoms with van der Waals surface area (Å²) in [5.41, 5.74) is 1.57. The number of carbonyl (C=O) groups is 1. The molecule has 0 N–H and O–H groups in total. The van der Waals surface area contributed by atoms with Crippen molar-refractivity contribution in [2.24, 2.45) is 0 Å². The van der Waals surface area contributed by atoms with Gasteiger partial charge in [-0.15, -0.1) is 0 Å². The Labute approximate surface area is 99.7 Å². The lowest BCUT2D eigenvalue weighted by atomic mass is 10.2. The average molecular weight is 230 g/mol. The quantitative estimate of drug-likeness (QED) is 0.800. The highest BCUT2D eigenvalue weighted by molar-refractivity contribution is 5.94. The predicted molar refractivity (Wildman–Crippen MR) is 64.0 cm³/mol. The average Bonchev–Trinajstić information content (AvgIpc) is 2.91. The second-order valence-corrected chi connectivity index (χ2v) is 3.71. The second-order valence-electron chi connectivity index (χ2n) is 3.71. The van der Waals surface area contributed by atoms with E-state index in [1.165, 1.54) is 6.33 Å². The van der Waals surface area contributed by atoms with E-state index in [4.69, 9.17) is 0 Å². The zero-order chi connectivity index (χ0) is 12.3. The third kappa shape index (κ3) is 2.33. The normalized spacial score (nSPS) is 10.2. The minimum atomic E-state index is 0.0256. The largest absolute Gasteiger partial charge is 0.342 e. The fourth-order valence-electron chi connectivity index (χ4n) is 1.46. The van der Waals surface area contributed by atoms with Gasteiger partial charge in [0.15, 0.2) is 0 Å². The molecule has 17 heavy (non-hydrogen) atoms. The van der Waals surface area contributed by atoms with Crippen LogP contribution in [-0.2, 0) is 0 Å². The van der Waals surface area contributed by atoms with Crippen molar-refractivity contribution in [3.05, 3.63) is 42.5 Å². The van der Waals surface area contributed by atoms with Gasteiger partial charge in [0.2, 0.25) is 0 Å². The molecule has 1 heterocycles. The van der Waals surface area contributed by atoms with E-state index in [0.717, 1.165) is 5.69 Å². The molecule has 2 aromatic rings. The topological polar surface area (TPSA) is 51.0 Å². The molecule has 5 nitrogen and oxygen atoms in total. The molecule has 0 unspecified atom stereocenters. The Kier molecular flexibility index (Phi) is 3.18. The Morgan fingerprint density at radius 2 is 2.06 bits per heavy atom. The van der Waals surface area contributed by atoms with Crippen LogP contribution in [-0.4, -0.2) is 39.2 Å². The molecule has 0 aliphatic carbocycles. The molecule has 0 aliphatic rings. The molecule has 1 aromatic carbocycles. The first kappa shape index (κ1) is 11.3. The third-order valence-corrected chi connectivity index (χ3v) is 2.62. The molecule has 0 saturated carbocycles. The van der Waals surface area contributed by atoms with Gasteiger partial charge in [0.25, 0.3) is 5.91 Å². The van der Waals surface area contributed by atoms with Crippen molar-refractivity contribution in [3.63, 3.8) is 0 Å². The van der Waals surface area contributed by atoms with Crippen LogP contribution in [0.5, 0.6) is 0 Å². The number of hydrogen-bond acceptors (Lipinski definition) is 3. The molecule has 0 radical (unpaired) electrons.